The zero-order valence-electron chi connectivity index (χ0n) is 19.4. The van der Waals surface area contributed by atoms with Gasteiger partial charge >= 0.3 is 6.03 Å². The van der Waals surface area contributed by atoms with Crippen LogP contribution in [0.5, 0.6) is 5.75 Å². The molecule has 0 radical (unpaired) electrons. The van der Waals surface area contributed by atoms with Crippen LogP contribution in [0, 0.1) is 12.8 Å². The molecule has 33 heavy (non-hydrogen) atoms. The monoisotopic (exact) mass is 471 g/mol. The van der Waals surface area contributed by atoms with Crippen LogP contribution in [0.15, 0.2) is 28.8 Å². The van der Waals surface area contributed by atoms with E-state index in [0.29, 0.717) is 4.91 Å². The molecule has 178 valence electrons. The van der Waals surface area contributed by atoms with Gasteiger partial charge in [0.15, 0.2) is 0 Å². The number of urea groups is 1. The predicted molar refractivity (Wildman–Crippen MR) is 130 cm³/mol. The van der Waals surface area contributed by atoms with Crippen LogP contribution in [0.1, 0.15) is 38.7 Å². The summed E-state index contributed by atoms with van der Waals surface area (Å²) in [5, 5.41) is 13.3. The number of nitrogens with zero attached hydrogens (tertiary/aromatic N) is 1. The summed E-state index contributed by atoms with van der Waals surface area (Å²) < 4.78 is 5.91. The Morgan fingerprint density at radius 1 is 1.27 bits per heavy atom. The van der Waals surface area contributed by atoms with E-state index in [0.717, 1.165) is 61.6 Å². The van der Waals surface area contributed by atoms with Crippen LogP contribution in [-0.4, -0.2) is 55.1 Å². The molecule has 9 heteroatoms. The number of hydrogen-bond donors (Lipinski definition) is 4. The molecule has 8 nitrogen and oxygen atoms in total. The van der Waals surface area contributed by atoms with Gasteiger partial charge in [0.25, 0.3) is 5.91 Å². The number of nitrogens with one attached hydrogen (secondary N) is 4. The van der Waals surface area contributed by atoms with Crippen molar-refractivity contribution in [3.8, 4) is 5.75 Å². The van der Waals surface area contributed by atoms with Crippen molar-refractivity contribution in [2.45, 2.75) is 63.6 Å². The average Bonchev–Trinajstić information content (AvgIpc) is 3.16. The number of hydrogen-bond acceptors (Lipinski definition) is 6. The molecular formula is C24H33N5O3S. The number of aryl methyl sites for hydroxylation is 1. The van der Waals surface area contributed by atoms with Crippen LogP contribution in [0.4, 0.5) is 10.5 Å². The van der Waals surface area contributed by atoms with Crippen LogP contribution in [0.2, 0.25) is 0 Å². The Labute approximate surface area is 199 Å². The van der Waals surface area contributed by atoms with E-state index in [-0.39, 0.29) is 41.4 Å². The first-order chi connectivity index (χ1) is 15.9. The van der Waals surface area contributed by atoms with Gasteiger partial charge < -0.3 is 26.0 Å². The van der Waals surface area contributed by atoms with Gasteiger partial charge in [0.2, 0.25) is 0 Å². The fraction of sp³-hybridized carbons (Fsp3) is 0.583. The number of thioether (sulfide) groups is 1. The first kappa shape index (κ1) is 22.6. The number of anilines is 1. The fourth-order valence-electron chi connectivity index (χ4n) is 5.32. The Hall–Kier alpha value is -2.23. The Balaban J connectivity index is 1.44. The number of piperidine rings is 2. The zero-order chi connectivity index (χ0) is 23.1. The van der Waals surface area contributed by atoms with Crippen molar-refractivity contribution in [2.24, 2.45) is 5.92 Å². The second-order valence-corrected chi connectivity index (χ2v) is 10.7. The van der Waals surface area contributed by atoms with Crippen LogP contribution in [0.3, 0.4) is 0 Å². The second-order valence-electron chi connectivity index (χ2n) is 9.55. The van der Waals surface area contributed by atoms with Gasteiger partial charge in [-0.05, 0) is 64.8 Å². The minimum atomic E-state index is -0.177. The second kappa shape index (κ2) is 9.19. The largest absolute Gasteiger partial charge is 0.491 e. The number of carbonyl (C=O) groups is 2. The van der Waals surface area contributed by atoms with E-state index in [4.69, 9.17) is 4.74 Å². The minimum Gasteiger partial charge on any atom is -0.491 e. The highest BCUT2D eigenvalue weighted by Crippen LogP contribution is 2.48. The van der Waals surface area contributed by atoms with Gasteiger partial charge in [-0.1, -0.05) is 17.8 Å². The molecule has 3 fully saturated rings. The Bertz CT molecular complexity index is 975. The molecule has 1 aromatic rings. The Morgan fingerprint density at radius 2 is 2.12 bits per heavy atom. The van der Waals surface area contributed by atoms with Gasteiger partial charge in [0.1, 0.15) is 5.75 Å². The molecule has 1 aromatic carbocycles. The fourth-order valence-corrected chi connectivity index (χ4v) is 6.72. The van der Waals surface area contributed by atoms with Crippen molar-refractivity contribution in [2.75, 3.05) is 24.5 Å². The summed E-state index contributed by atoms with van der Waals surface area (Å²) in [5.41, 5.74) is 2.67. The van der Waals surface area contributed by atoms with Gasteiger partial charge in [-0.25, -0.2) is 4.79 Å². The Kier molecular flexibility index (Phi) is 6.28. The normalized spacial score (nSPS) is 29.1. The van der Waals surface area contributed by atoms with E-state index in [2.05, 4.69) is 21.3 Å². The van der Waals surface area contributed by atoms with Crippen molar-refractivity contribution in [1.29, 1.82) is 0 Å². The van der Waals surface area contributed by atoms with Gasteiger partial charge in [-0.3, -0.25) is 9.69 Å². The van der Waals surface area contributed by atoms with Crippen LogP contribution in [0.25, 0.3) is 0 Å². The van der Waals surface area contributed by atoms with Gasteiger partial charge in [-0.15, -0.1) is 0 Å². The third-order valence-electron chi connectivity index (χ3n) is 6.79. The standard InChI is InChI=1S/C24H33N5O3S/c1-13(2)32-16-7-6-14(3)18(11-16)29-17-8-10-26-23-19(17)20(28-24(29)31)21(33-23)22(30)27-15-5-4-9-25-12-15/h6-7,11,13,15,17,19,23,25-26H,4-5,8-10,12H2,1-3H3,(H,27,30)(H,28,31)/t15-,17?,19?,23?/m1/s1. The molecule has 4 aliphatic heterocycles. The molecule has 4 heterocycles. The molecule has 3 amide bonds. The zero-order valence-corrected chi connectivity index (χ0v) is 20.3. The molecule has 3 saturated heterocycles. The lowest BCUT2D eigenvalue weighted by Crippen LogP contribution is -2.62. The molecule has 0 spiro atoms. The quantitative estimate of drug-likeness (QED) is 0.527. The summed E-state index contributed by atoms with van der Waals surface area (Å²) in [6.07, 6.45) is 2.92. The maximum absolute atomic E-state index is 13.4. The van der Waals surface area contributed by atoms with Crippen molar-refractivity contribution in [3.63, 3.8) is 0 Å². The lowest BCUT2D eigenvalue weighted by molar-refractivity contribution is -0.117. The van der Waals surface area contributed by atoms with E-state index in [9.17, 15) is 9.59 Å². The smallest absolute Gasteiger partial charge is 0.326 e. The van der Waals surface area contributed by atoms with E-state index in [1.807, 2.05) is 43.9 Å². The Morgan fingerprint density at radius 3 is 2.88 bits per heavy atom. The molecule has 3 unspecified atom stereocenters. The number of amides is 3. The molecule has 0 aliphatic carbocycles. The van der Waals surface area contributed by atoms with Gasteiger partial charge in [0, 0.05) is 30.3 Å². The molecule has 5 rings (SSSR count). The summed E-state index contributed by atoms with van der Waals surface area (Å²) in [4.78, 5) is 29.2. The van der Waals surface area contributed by atoms with Crippen molar-refractivity contribution >= 4 is 29.4 Å². The third-order valence-corrected chi connectivity index (χ3v) is 8.15. The average molecular weight is 472 g/mol. The summed E-state index contributed by atoms with van der Waals surface area (Å²) in [5.74, 6) is 0.726. The van der Waals surface area contributed by atoms with Crippen LogP contribution >= 0.6 is 11.8 Å². The summed E-state index contributed by atoms with van der Waals surface area (Å²) in [6.45, 7) is 8.60. The number of rotatable bonds is 5. The summed E-state index contributed by atoms with van der Waals surface area (Å²) in [6, 6.07) is 5.86. The summed E-state index contributed by atoms with van der Waals surface area (Å²) >= 11 is 1.55. The molecule has 0 bridgehead atoms. The topological polar surface area (TPSA) is 94.7 Å². The first-order valence-electron chi connectivity index (χ1n) is 12.0. The molecule has 4 aliphatic rings. The van der Waals surface area contributed by atoms with Crippen molar-refractivity contribution in [1.82, 2.24) is 21.3 Å². The number of ether oxygens (including phenoxy) is 1. The lowest BCUT2D eigenvalue weighted by atomic mass is 9.86. The maximum Gasteiger partial charge on any atom is 0.326 e. The van der Waals surface area contributed by atoms with E-state index < -0.39 is 0 Å². The number of carbonyl (C=O) groups excluding carboxylic acids is 2. The highest BCUT2D eigenvalue weighted by molar-refractivity contribution is 8.04. The van der Waals surface area contributed by atoms with Crippen molar-refractivity contribution < 1.29 is 14.3 Å². The number of benzene rings is 1. The molecule has 0 saturated carbocycles. The highest BCUT2D eigenvalue weighted by atomic mass is 32.2. The van der Waals surface area contributed by atoms with E-state index >= 15 is 0 Å². The van der Waals surface area contributed by atoms with Crippen LogP contribution < -0.4 is 30.9 Å². The molecule has 4 atom stereocenters. The third kappa shape index (κ3) is 4.34. The molecular weight excluding hydrogens is 438 g/mol. The van der Waals surface area contributed by atoms with E-state index in [1.165, 1.54) is 0 Å². The highest BCUT2D eigenvalue weighted by Gasteiger charge is 2.52. The van der Waals surface area contributed by atoms with Crippen LogP contribution in [-0.2, 0) is 4.79 Å². The first-order valence-corrected chi connectivity index (χ1v) is 12.8. The predicted octanol–water partition coefficient (Wildman–Crippen LogP) is 2.44. The minimum absolute atomic E-state index is 0.0119. The van der Waals surface area contributed by atoms with Gasteiger partial charge in [0.05, 0.1) is 28.1 Å². The molecule has 0 aromatic heterocycles. The lowest BCUT2D eigenvalue weighted by Gasteiger charge is -2.46. The summed E-state index contributed by atoms with van der Waals surface area (Å²) in [7, 11) is 0. The maximum atomic E-state index is 13.4. The van der Waals surface area contributed by atoms with Gasteiger partial charge in [-0.2, -0.15) is 0 Å². The SMILES string of the molecule is Cc1ccc(OC(C)C)cc1N1C(=O)NC2=C(C(=O)N[C@@H]3CCCNC3)SC3NCCC1C23. The molecule has 4 N–H and O–H groups in total. The van der Waals surface area contributed by atoms with Crippen molar-refractivity contribution in [3.05, 3.63) is 34.4 Å². The van der Waals surface area contributed by atoms with E-state index in [1.54, 1.807) is 11.8 Å².